The van der Waals surface area contributed by atoms with Crippen LogP contribution < -0.4 is 9.64 Å². The maximum absolute atomic E-state index is 10.7. The molecule has 1 aromatic rings. The van der Waals surface area contributed by atoms with Crippen LogP contribution in [0.4, 0.5) is 5.69 Å². The van der Waals surface area contributed by atoms with Gasteiger partial charge in [-0.15, -0.1) is 0 Å². The fourth-order valence-corrected chi connectivity index (χ4v) is 5.26. The van der Waals surface area contributed by atoms with Crippen molar-refractivity contribution in [1.29, 1.82) is 0 Å². The first-order valence-electron chi connectivity index (χ1n) is 10.9. The summed E-state index contributed by atoms with van der Waals surface area (Å²) in [6, 6.07) is 6.54. The van der Waals surface area contributed by atoms with Crippen LogP contribution in [-0.4, -0.2) is 49.7 Å². The molecule has 3 aliphatic rings. The van der Waals surface area contributed by atoms with E-state index in [1.807, 2.05) is 6.92 Å². The van der Waals surface area contributed by atoms with Crippen LogP contribution in [0.1, 0.15) is 52.2 Å². The first kappa shape index (κ1) is 20.0. The van der Waals surface area contributed by atoms with E-state index in [0.29, 0.717) is 18.4 Å². The third-order valence-corrected chi connectivity index (χ3v) is 7.15. The Hall–Kier alpha value is -1.30. The monoisotopic (exact) mass is 389 g/mol. The van der Waals surface area contributed by atoms with E-state index in [1.54, 1.807) is 0 Å². The highest BCUT2D eigenvalue weighted by Gasteiger charge is 2.51. The summed E-state index contributed by atoms with van der Waals surface area (Å²) in [5.41, 5.74) is 2.06. The van der Waals surface area contributed by atoms with Crippen molar-refractivity contribution >= 4 is 5.69 Å². The predicted molar refractivity (Wildman–Crippen MR) is 110 cm³/mol. The normalized spacial score (nSPS) is 34.9. The highest BCUT2D eigenvalue weighted by Crippen LogP contribution is 2.54. The smallest absolute Gasteiger partial charge is 0.127 e. The van der Waals surface area contributed by atoms with E-state index in [-0.39, 0.29) is 23.7 Å². The van der Waals surface area contributed by atoms with Crippen LogP contribution >= 0.6 is 0 Å². The topological polar surface area (TPSA) is 51.2 Å². The molecular formula is C23H35NO4. The van der Waals surface area contributed by atoms with Gasteiger partial charge in [0, 0.05) is 30.4 Å². The van der Waals surface area contributed by atoms with Crippen molar-refractivity contribution in [2.24, 2.45) is 17.8 Å². The molecule has 2 saturated heterocycles. The Morgan fingerprint density at radius 2 is 1.96 bits per heavy atom. The molecule has 1 N–H and O–H groups in total. The molecule has 0 radical (unpaired) electrons. The van der Waals surface area contributed by atoms with E-state index in [0.717, 1.165) is 50.5 Å². The lowest BCUT2D eigenvalue weighted by atomic mass is 9.63. The predicted octanol–water partition coefficient (Wildman–Crippen LogP) is 3.80. The van der Waals surface area contributed by atoms with Gasteiger partial charge in [0.25, 0.3) is 0 Å². The zero-order chi connectivity index (χ0) is 19.9. The van der Waals surface area contributed by atoms with Gasteiger partial charge in [0.15, 0.2) is 0 Å². The molecule has 5 atom stereocenters. The van der Waals surface area contributed by atoms with Crippen LogP contribution in [0.3, 0.4) is 0 Å². The van der Waals surface area contributed by atoms with Gasteiger partial charge in [0.2, 0.25) is 0 Å². The van der Waals surface area contributed by atoms with Gasteiger partial charge in [-0.2, -0.15) is 0 Å². The molecule has 5 nitrogen and oxygen atoms in total. The average molecular weight is 390 g/mol. The number of aliphatic hydroxyl groups is 1. The van der Waals surface area contributed by atoms with Gasteiger partial charge in [0.1, 0.15) is 5.75 Å². The van der Waals surface area contributed by atoms with Crippen LogP contribution in [0, 0.1) is 17.8 Å². The molecule has 0 aromatic heterocycles. The van der Waals surface area contributed by atoms with Gasteiger partial charge >= 0.3 is 0 Å². The Labute approximate surface area is 169 Å². The molecule has 3 fully saturated rings. The largest absolute Gasteiger partial charge is 0.493 e. The van der Waals surface area contributed by atoms with E-state index in [4.69, 9.17) is 14.2 Å². The van der Waals surface area contributed by atoms with Crippen molar-refractivity contribution in [2.75, 3.05) is 37.8 Å². The Bertz CT molecular complexity index is 685. The molecule has 4 rings (SSSR count). The summed E-state index contributed by atoms with van der Waals surface area (Å²) in [7, 11) is 0. The molecule has 1 aliphatic carbocycles. The average Bonchev–Trinajstić information content (AvgIpc) is 2.69. The van der Waals surface area contributed by atoms with Crippen LogP contribution in [-0.2, 0) is 9.47 Å². The van der Waals surface area contributed by atoms with Crippen molar-refractivity contribution < 1.29 is 19.3 Å². The number of benzene rings is 1. The molecule has 2 unspecified atom stereocenters. The van der Waals surface area contributed by atoms with Crippen LogP contribution in [0.2, 0.25) is 0 Å². The Balaban J connectivity index is 1.68. The molecule has 2 aliphatic heterocycles. The van der Waals surface area contributed by atoms with Crippen LogP contribution in [0.5, 0.6) is 5.75 Å². The lowest BCUT2D eigenvalue weighted by Gasteiger charge is -2.53. The van der Waals surface area contributed by atoms with Crippen LogP contribution in [0.15, 0.2) is 18.2 Å². The number of nitrogens with zero attached hydrogens (tertiary/aromatic N) is 1. The zero-order valence-electron chi connectivity index (χ0n) is 17.7. The number of anilines is 1. The summed E-state index contributed by atoms with van der Waals surface area (Å²) in [5.74, 6) is 1.86. The lowest BCUT2D eigenvalue weighted by molar-refractivity contribution is -0.215. The number of hydrogen-bond acceptors (Lipinski definition) is 5. The highest BCUT2D eigenvalue weighted by atomic mass is 16.5. The fraction of sp³-hybridized carbons (Fsp3) is 0.739. The van der Waals surface area contributed by atoms with Gasteiger partial charge in [-0.1, -0.05) is 13.0 Å². The first-order valence-corrected chi connectivity index (χ1v) is 10.9. The maximum atomic E-state index is 10.7. The minimum absolute atomic E-state index is 0.0449. The minimum atomic E-state index is -0.252. The second kappa shape index (κ2) is 7.85. The van der Waals surface area contributed by atoms with Crippen molar-refractivity contribution in [1.82, 2.24) is 0 Å². The molecule has 2 bridgehead atoms. The zero-order valence-corrected chi connectivity index (χ0v) is 17.7. The van der Waals surface area contributed by atoms with E-state index in [9.17, 15) is 5.11 Å². The number of aliphatic hydroxyl groups excluding tert-OH is 1. The van der Waals surface area contributed by atoms with Crippen molar-refractivity contribution in [3.05, 3.63) is 23.8 Å². The first-order chi connectivity index (χ1) is 13.4. The number of ether oxygens (including phenoxy) is 3. The summed E-state index contributed by atoms with van der Waals surface area (Å²) in [4.78, 5) is 2.35. The van der Waals surface area contributed by atoms with E-state index in [2.05, 4.69) is 43.9 Å². The molecular weight excluding hydrogens is 354 g/mol. The molecule has 0 spiro atoms. The van der Waals surface area contributed by atoms with Gasteiger partial charge in [-0.25, -0.2) is 0 Å². The summed E-state index contributed by atoms with van der Waals surface area (Å²) in [5, 5.41) is 10.7. The number of rotatable bonds is 4. The molecule has 1 aromatic carbocycles. The summed E-state index contributed by atoms with van der Waals surface area (Å²) >= 11 is 0. The third-order valence-electron chi connectivity index (χ3n) is 7.15. The number of hydrogen-bond donors (Lipinski definition) is 1. The maximum Gasteiger partial charge on any atom is 0.127 e. The Kier molecular flexibility index (Phi) is 5.60. The van der Waals surface area contributed by atoms with Gasteiger partial charge in [-0.3, -0.25) is 0 Å². The standard InChI is InChI=1S/C23H35NO4/c1-5-27-21-14-17(24-8-10-26-11-9-24)6-7-18(21)22-19-12-16(23(3,4)28-22)13-20(25)15(19)2/h6-7,14-16,19-20,22,25H,5,8-13H2,1-4H3/t15-,16?,19?,20-,22-/m0/s1. The van der Waals surface area contributed by atoms with Gasteiger partial charge in [-0.05, 0) is 57.4 Å². The van der Waals surface area contributed by atoms with Crippen LogP contribution in [0.25, 0.3) is 0 Å². The highest BCUT2D eigenvalue weighted by molar-refractivity contribution is 5.55. The molecule has 156 valence electrons. The fourth-order valence-electron chi connectivity index (χ4n) is 5.26. The Morgan fingerprint density at radius 1 is 1.21 bits per heavy atom. The minimum Gasteiger partial charge on any atom is -0.493 e. The second-order valence-electron chi connectivity index (χ2n) is 9.16. The summed E-state index contributed by atoms with van der Waals surface area (Å²) in [6.45, 7) is 12.5. The van der Waals surface area contributed by atoms with E-state index in [1.165, 1.54) is 5.69 Å². The molecule has 1 saturated carbocycles. The quantitative estimate of drug-likeness (QED) is 0.849. The SMILES string of the molecule is CCOc1cc(N2CCOCC2)ccc1[C@@H]1OC(C)(C)C2CC1[C@H](C)[C@@H](O)C2. The van der Waals surface area contributed by atoms with Crippen molar-refractivity contribution in [2.45, 2.75) is 58.3 Å². The molecule has 28 heavy (non-hydrogen) atoms. The second-order valence-corrected chi connectivity index (χ2v) is 9.16. The molecule has 0 amide bonds. The molecule has 2 heterocycles. The van der Waals surface area contributed by atoms with Gasteiger partial charge in [0.05, 0.1) is 37.6 Å². The Morgan fingerprint density at radius 3 is 2.68 bits per heavy atom. The van der Waals surface area contributed by atoms with Gasteiger partial charge < -0.3 is 24.2 Å². The number of fused-ring (bicyclic) bond motifs is 2. The number of morpholine rings is 1. The third kappa shape index (κ3) is 3.64. The van der Waals surface area contributed by atoms with E-state index < -0.39 is 0 Å². The van der Waals surface area contributed by atoms with E-state index >= 15 is 0 Å². The lowest BCUT2D eigenvalue weighted by Crippen LogP contribution is -2.52. The van der Waals surface area contributed by atoms with Crippen molar-refractivity contribution in [3.63, 3.8) is 0 Å². The van der Waals surface area contributed by atoms with Crippen molar-refractivity contribution in [3.8, 4) is 5.75 Å². The summed E-state index contributed by atoms with van der Waals surface area (Å²) in [6.07, 6.45) is 1.65. The molecule has 5 heteroatoms. The summed E-state index contributed by atoms with van der Waals surface area (Å²) < 4.78 is 18.3.